The van der Waals surface area contributed by atoms with Gasteiger partial charge in [-0.05, 0) is 43.3 Å². The van der Waals surface area contributed by atoms with E-state index in [1.54, 1.807) is 24.3 Å². The molecule has 0 bridgehead atoms. The second kappa shape index (κ2) is 7.55. The Morgan fingerprint density at radius 1 is 1.21 bits per heavy atom. The van der Waals surface area contributed by atoms with Crippen LogP contribution in [0.2, 0.25) is 0 Å². The average Bonchev–Trinajstić information content (AvgIpc) is 3.28. The summed E-state index contributed by atoms with van der Waals surface area (Å²) in [4.78, 5) is 12.3. The monoisotopic (exact) mass is 398 g/mol. The summed E-state index contributed by atoms with van der Waals surface area (Å²) in [7, 11) is 0. The Balaban J connectivity index is 1.65. The van der Waals surface area contributed by atoms with E-state index in [0.717, 1.165) is 6.21 Å². The molecule has 1 aromatic carbocycles. The lowest BCUT2D eigenvalue weighted by Gasteiger charge is -2.31. The molecule has 1 unspecified atom stereocenters. The van der Waals surface area contributed by atoms with Gasteiger partial charge in [-0.2, -0.15) is 23.3 Å². The number of rotatable bonds is 6. The molecule has 28 heavy (non-hydrogen) atoms. The number of nitrogens with zero attached hydrogens (tertiary/aromatic N) is 2. The number of carbonyl (C=O) groups excluding carboxylic acids is 1. The summed E-state index contributed by atoms with van der Waals surface area (Å²) in [6.45, 7) is 2.35. The van der Waals surface area contributed by atoms with Crippen LogP contribution in [0.15, 0.2) is 45.9 Å². The van der Waals surface area contributed by atoms with Gasteiger partial charge in [0.2, 0.25) is 0 Å². The molecule has 1 aromatic heterocycles. The molecule has 1 amide bonds. The summed E-state index contributed by atoms with van der Waals surface area (Å²) in [6, 6.07) is 9.40. The van der Waals surface area contributed by atoms with Crippen LogP contribution in [0.25, 0.3) is 0 Å². The summed E-state index contributed by atoms with van der Waals surface area (Å²) >= 11 is 0. The van der Waals surface area contributed by atoms with Crippen molar-refractivity contribution >= 4 is 12.1 Å². The van der Waals surface area contributed by atoms with E-state index in [1.165, 1.54) is 12.1 Å². The van der Waals surface area contributed by atoms with Crippen LogP contribution >= 0.6 is 0 Å². The number of hydrazone groups is 1. The Labute approximate surface area is 158 Å². The number of aliphatic hydroxyl groups is 1. The summed E-state index contributed by atoms with van der Waals surface area (Å²) < 4.78 is 55.3. The summed E-state index contributed by atoms with van der Waals surface area (Å²) in [6.07, 6.45) is -5.09. The van der Waals surface area contributed by atoms with Crippen LogP contribution < -0.4 is 9.47 Å². The minimum Gasteiger partial charge on any atom is -0.494 e. The highest BCUT2D eigenvalue weighted by Crippen LogP contribution is 2.39. The third-order valence-electron chi connectivity index (χ3n) is 3.96. The molecule has 2 heterocycles. The van der Waals surface area contributed by atoms with Gasteiger partial charge in [0.25, 0.3) is 5.72 Å². The minimum atomic E-state index is -5.06. The van der Waals surface area contributed by atoms with Gasteiger partial charge in [-0.25, -0.2) is 0 Å². The number of hydrogen-bond acceptors (Lipinski definition) is 6. The summed E-state index contributed by atoms with van der Waals surface area (Å²) in [5, 5.41) is 13.1. The molecule has 0 saturated heterocycles. The van der Waals surface area contributed by atoms with E-state index in [0.29, 0.717) is 18.1 Å². The van der Waals surface area contributed by atoms with Crippen LogP contribution in [0.5, 0.6) is 11.5 Å². The molecule has 0 aliphatic carbocycles. The van der Waals surface area contributed by atoms with Gasteiger partial charge < -0.3 is 19.0 Å². The van der Waals surface area contributed by atoms with Crippen molar-refractivity contribution < 1.29 is 37.0 Å². The maximum absolute atomic E-state index is 13.1. The zero-order chi connectivity index (χ0) is 20.4. The molecular formula is C18H17F3N2O5. The van der Waals surface area contributed by atoms with E-state index in [1.807, 2.05) is 6.92 Å². The van der Waals surface area contributed by atoms with Gasteiger partial charge in [-0.3, -0.25) is 4.79 Å². The lowest BCUT2D eigenvalue weighted by Crippen LogP contribution is -2.56. The topological polar surface area (TPSA) is 84.5 Å². The molecule has 3 rings (SSSR count). The molecule has 0 spiro atoms. The Morgan fingerprint density at radius 2 is 1.86 bits per heavy atom. The first-order chi connectivity index (χ1) is 13.2. The highest BCUT2D eigenvalue weighted by molar-refractivity contribution is 5.93. The molecule has 0 radical (unpaired) electrons. The van der Waals surface area contributed by atoms with Gasteiger partial charge in [0.1, 0.15) is 23.9 Å². The van der Waals surface area contributed by atoms with Gasteiger partial charge in [0.15, 0.2) is 5.76 Å². The second-order valence-electron chi connectivity index (χ2n) is 5.89. The van der Waals surface area contributed by atoms with Crippen LogP contribution in [-0.2, 0) is 6.61 Å². The zero-order valence-corrected chi connectivity index (χ0v) is 14.8. The van der Waals surface area contributed by atoms with Crippen molar-refractivity contribution in [3.63, 3.8) is 0 Å². The quantitative estimate of drug-likeness (QED) is 0.807. The molecule has 0 saturated carbocycles. The number of furan rings is 1. The number of amides is 1. The van der Waals surface area contributed by atoms with Crippen LogP contribution in [0.3, 0.4) is 0 Å². The van der Waals surface area contributed by atoms with Crippen LogP contribution in [-0.4, -0.2) is 40.7 Å². The lowest BCUT2D eigenvalue weighted by atomic mass is 10.1. The summed E-state index contributed by atoms with van der Waals surface area (Å²) in [5.41, 5.74) is -3.39. The first-order valence-electron chi connectivity index (χ1n) is 8.35. The molecule has 10 heteroatoms. The molecule has 1 atom stereocenters. The number of hydrogen-bond donors (Lipinski definition) is 1. The fraction of sp³-hybridized carbons (Fsp3) is 0.333. The van der Waals surface area contributed by atoms with E-state index < -0.39 is 30.0 Å². The van der Waals surface area contributed by atoms with Crippen molar-refractivity contribution in [2.45, 2.75) is 31.9 Å². The fourth-order valence-electron chi connectivity index (χ4n) is 2.52. The van der Waals surface area contributed by atoms with Crippen molar-refractivity contribution in [1.29, 1.82) is 0 Å². The van der Waals surface area contributed by atoms with Crippen molar-refractivity contribution in [2.24, 2.45) is 5.10 Å². The van der Waals surface area contributed by atoms with Gasteiger partial charge in [0, 0.05) is 12.6 Å². The maximum atomic E-state index is 13.1. The first kappa shape index (κ1) is 19.7. The van der Waals surface area contributed by atoms with Crippen LogP contribution in [0.1, 0.15) is 29.7 Å². The average molecular weight is 398 g/mol. The van der Waals surface area contributed by atoms with Crippen molar-refractivity contribution in [3.05, 3.63) is 47.9 Å². The van der Waals surface area contributed by atoms with E-state index in [2.05, 4.69) is 5.10 Å². The largest absolute Gasteiger partial charge is 0.494 e. The van der Waals surface area contributed by atoms with E-state index >= 15 is 0 Å². The number of benzene rings is 1. The normalized spacial score (nSPS) is 19.1. The SMILES string of the molecule is CCOc1ccc(OCc2ccc(C(=O)N3N=CCC3(O)C(F)(F)F)o2)cc1. The molecular weight excluding hydrogens is 381 g/mol. The van der Waals surface area contributed by atoms with Crippen molar-refractivity contribution in [2.75, 3.05) is 6.61 Å². The standard InChI is InChI=1S/C18H17F3N2O5/c1-2-26-12-3-5-13(6-4-12)27-11-14-7-8-15(28-14)16(24)23-17(25,9-10-22-23)18(19,20)21/h3-8,10,25H,2,9,11H2,1H3. The van der Waals surface area contributed by atoms with Crippen LogP contribution in [0, 0.1) is 0 Å². The minimum absolute atomic E-state index is 0.0249. The lowest BCUT2D eigenvalue weighted by molar-refractivity contribution is -0.297. The number of ether oxygens (including phenoxy) is 2. The predicted molar refractivity (Wildman–Crippen MR) is 90.9 cm³/mol. The highest BCUT2D eigenvalue weighted by atomic mass is 19.4. The molecule has 1 N–H and O–H groups in total. The zero-order valence-electron chi connectivity index (χ0n) is 14.8. The summed E-state index contributed by atoms with van der Waals surface area (Å²) in [5.74, 6) is -0.184. The third-order valence-corrected chi connectivity index (χ3v) is 3.96. The molecule has 1 aliphatic heterocycles. The third kappa shape index (κ3) is 3.81. The Morgan fingerprint density at radius 3 is 2.46 bits per heavy atom. The number of halogens is 3. The molecule has 0 fully saturated rings. The smallest absolute Gasteiger partial charge is 0.438 e. The fourth-order valence-corrected chi connectivity index (χ4v) is 2.52. The Hall–Kier alpha value is -3.01. The van der Waals surface area contributed by atoms with E-state index in [9.17, 15) is 23.1 Å². The van der Waals surface area contributed by atoms with Crippen molar-refractivity contribution in [3.8, 4) is 11.5 Å². The predicted octanol–water partition coefficient (Wildman–Crippen LogP) is 3.34. The number of carbonyl (C=O) groups is 1. The van der Waals surface area contributed by atoms with E-state index in [-0.39, 0.29) is 17.4 Å². The van der Waals surface area contributed by atoms with Gasteiger partial charge in [0.05, 0.1) is 6.61 Å². The Bertz CT molecular complexity index is 863. The second-order valence-corrected chi connectivity index (χ2v) is 5.89. The maximum Gasteiger partial charge on any atom is 0.438 e. The van der Waals surface area contributed by atoms with Crippen LogP contribution in [0.4, 0.5) is 13.2 Å². The number of alkyl halides is 3. The first-order valence-corrected chi connectivity index (χ1v) is 8.35. The molecule has 2 aromatic rings. The van der Waals surface area contributed by atoms with E-state index in [4.69, 9.17) is 13.9 Å². The molecule has 150 valence electrons. The highest BCUT2D eigenvalue weighted by Gasteiger charge is 2.61. The molecule has 7 nitrogen and oxygen atoms in total. The van der Waals surface area contributed by atoms with Crippen molar-refractivity contribution in [1.82, 2.24) is 5.01 Å². The van der Waals surface area contributed by atoms with Gasteiger partial charge in [-0.15, -0.1) is 0 Å². The Kier molecular flexibility index (Phi) is 5.32. The molecule has 1 aliphatic rings. The van der Waals surface area contributed by atoms with Gasteiger partial charge in [-0.1, -0.05) is 0 Å². The van der Waals surface area contributed by atoms with Gasteiger partial charge >= 0.3 is 12.1 Å².